The van der Waals surface area contributed by atoms with Crippen molar-refractivity contribution in [3.63, 3.8) is 0 Å². The second-order valence-corrected chi connectivity index (χ2v) is 6.33. The molecule has 1 aliphatic carbocycles. The molecule has 24 heavy (non-hydrogen) atoms. The summed E-state index contributed by atoms with van der Waals surface area (Å²) in [5.74, 6) is 1.95. The van der Waals surface area contributed by atoms with E-state index in [4.69, 9.17) is 10.00 Å². The lowest BCUT2D eigenvalue weighted by Gasteiger charge is -2.34. The molecule has 9 heteroatoms. The van der Waals surface area contributed by atoms with E-state index in [1.54, 1.807) is 7.05 Å². The number of nitrogens with one attached hydrogen (secondary N) is 3. The Morgan fingerprint density at radius 3 is 2.54 bits per heavy atom. The van der Waals surface area contributed by atoms with E-state index in [0.717, 1.165) is 12.8 Å². The molecule has 0 bridgehead atoms. The van der Waals surface area contributed by atoms with Gasteiger partial charge in [-0.3, -0.25) is 0 Å². The fourth-order valence-electron chi connectivity index (χ4n) is 3.05. The largest absolute Gasteiger partial charge is 0.396 e. The highest BCUT2D eigenvalue weighted by molar-refractivity contribution is 5.43. The summed E-state index contributed by atoms with van der Waals surface area (Å²) in [6, 6.07) is 2.49. The second kappa shape index (κ2) is 7.59. The Bertz CT molecular complexity index is 600. The molecule has 0 amide bonds. The van der Waals surface area contributed by atoms with E-state index >= 15 is 0 Å². The van der Waals surface area contributed by atoms with Crippen LogP contribution in [0.25, 0.3) is 0 Å². The van der Waals surface area contributed by atoms with Crippen molar-refractivity contribution in [2.24, 2.45) is 11.8 Å². The zero-order valence-electron chi connectivity index (χ0n) is 13.7. The first-order valence-corrected chi connectivity index (χ1v) is 8.24. The Morgan fingerprint density at radius 1 is 1.17 bits per heavy atom. The standard InChI is InChI=1S/C15H23N7O2/c1-17-13-20-14(18-11-4-9(5-11)2-3-16)22-15(21-13)19-12-8-24-7-10(12)6-23/h9-12,23H,2,4-8H2,1H3,(H3,17,18,19,20,21,22)/t9?,10-,11?,12+/m0/s1. The normalized spacial score (nSPS) is 28.7. The summed E-state index contributed by atoms with van der Waals surface area (Å²) in [6.45, 7) is 1.12. The molecule has 1 aliphatic heterocycles. The number of hydrogen-bond acceptors (Lipinski definition) is 9. The third kappa shape index (κ3) is 3.83. The summed E-state index contributed by atoms with van der Waals surface area (Å²) >= 11 is 0. The van der Waals surface area contributed by atoms with Crippen LogP contribution in [-0.4, -0.2) is 59.0 Å². The van der Waals surface area contributed by atoms with Gasteiger partial charge in [-0.25, -0.2) is 0 Å². The minimum absolute atomic E-state index is 0.0151. The Hall–Kier alpha value is -2.18. The number of nitriles is 1. The predicted molar refractivity (Wildman–Crippen MR) is 88.5 cm³/mol. The molecular formula is C15H23N7O2. The van der Waals surface area contributed by atoms with Crippen LogP contribution in [0.2, 0.25) is 0 Å². The van der Waals surface area contributed by atoms with Gasteiger partial charge in [0.25, 0.3) is 0 Å². The number of aliphatic hydroxyl groups is 1. The molecule has 1 saturated carbocycles. The van der Waals surface area contributed by atoms with Crippen molar-refractivity contribution in [2.75, 3.05) is 42.8 Å². The summed E-state index contributed by atoms with van der Waals surface area (Å²) in [5.41, 5.74) is 0. The van der Waals surface area contributed by atoms with Gasteiger partial charge >= 0.3 is 0 Å². The summed E-state index contributed by atoms with van der Waals surface area (Å²) in [4.78, 5) is 13.1. The van der Waals surface area contributed by atoms with Crippen molar-refractivity contribution >= 4 is 17.8 Å². The van der Waals surface area contributed by atoms with Crippen LogP contribution in [0.3, 0.4) is 0 Å². The number of aliphatic hydroxyl groups excluding tert-OH is 1. The van der Waals surface area contributed by atoms with E-state index in [9.17, 15) is 5.11 Å². The summed E-state index contributed by atoms with van der Waals surface area (Å²) in [6.07, 6.45) is 2.52. The van der Waals surface area contributed by atoms with Crippen molar-refractivity contribution in [1.82, 2.24) is 15.0 Å². The van der Waals surface area contributed by atoms with Gasteiger partial charge in [-0.15, -0.1) is 0 Å². The predicted octanol–water partition coefficient (Wildman–Crippen LogP) is 0.437. The first kappa shape index (κ1) is 16.7. The number of anilines is 3. The second-order valence-electron chi connectivity index (χ2n) is 6.33. The molecule has 9 nitrogen and oxygen atoms in total. The van der Waals surface area contributed by atoms with Crippen LogP contribution in [0.4, 0.5) is 17.8 Å². The molecular weight excluding hydrogens is 310 g/mol. The van der Waals surface area contributed by atoms with E-state index in [1.807, 2.05) is 0 Å². The molecule has 1 aromatic rings. The molecule has 0 aromatic carbocycles. The summed E-state index contributed by atoms with van der Waals surface area (Å²) in [5, 5.41) is 27.5. The summed E-state index contributed by atoms with van der Waals surface area (Å²) < 4.78 is 5.39. The monoisotopic (exact) mass is 333 g/mol. The van der Waals surface area contributed by atoms with Gasteiger partial charge in [0.2, 0.25) is 17.8 Å². The quantitative estimate of drug-likeness (QED) is 0.561. The molecule has 4 N–H and O–H groups in total. The molecule has 0 unspecified atom stereocenters. The SMILES string of the molecule is CNc1nc(NC2CC(CC#N)C2)nc(N[C@@H]2COC[C@@H]2CO)n1. The first-order chi connectivity index (χ1) is 11.7. The zero-order chi connectivity index (χ0) is 16.9. The fraction of sp³-hybridized carbons (Fsp3) is 0.733. The number of ether oxygens (including phenoxy) is 1. The van der Waals surface area contributed by atoms with Crippen LogP contribution in [0.1, 0.15) is 19.3 Å². The van der Waals surface area contributed by atoms with Crippen molar-refractivity contribution in [3.8, 4) is 6.07 Å². The number of nitrogens with zero attached hydrogens (tertiary/aromatic N) is 4. The summed E-state index contributed by atoms with van der Waals surface area (Å²) in [7, 11) is 1.75. The average molecular weight is 333 g/mol. The van der Waals surface area contributed by atoms with E-state index in [1.165, 1.54) is 0 Å². The number of rotatable bonds is 7. The molecule has 0 radical (unpaired) electrons. The maximum atomic E-state index is 9.38. The molecule has 3 rings (SSSR count). The highest BCUT2D eigenvalue weighted by Crippen LogP contribution is 2.32. The van der Waals surface area contributed by atoms with E-state index in [-0.39, 0.29) is 18.6 Å². The van der Waals surface area contributed by atoms with Crippen molar-refractivity contribution in [2.45, 2.75) is 31.3 Å². The molecule has 130 valence electrons. The van der Waals surface area contributed by atoms with E-state index < -0.39 is 0 Å². The first-order valence-electron chi connectivity index (χ1n) is 8.24. The smallest absolute Gasteiger partial charge is 0.229 e. The lowest BCUT2D eigenvalue weighted by molar-refractivity contribution is 0.161. The van der Waals surface area contributed by atoms with Crippen LogP contribution in [-0.2, 0) is 4.74 Å². The van der Waals surface area contributed by atoms with Gasteiger partial charge in [0.1, 0.15) is 0 Å². The lowest BCUT2D eigenvalue weighted by atomic mass is 9.78. The lowest BCUT2D eigenvalue weighted by Crippen LogP contribution is -2.36. The van der Waals surface area contributed by atoms with Gasteiger partial charge < -0.3 is 25.8 Å². The molecule has 2 fully saturated rings. The van der Waals surface area contributed by atoms with Gasteiger partial charge in [0, 0.05) is 25.4 Å². The van der Waals surface area contributed by atoms with Gasteiger partial charge in [-0.1, -0.05) is 0 Å². The van der Waals surface area contributed by atoms with Crippen LogP contribution >= 0.6 is 0 Å². The average Bonchev–Trinajstić information content (AvgIpc) is 2.99. The molecule has 1 aromatic heterocycles. The maximum absolute atomic E-state index is 9.38. The zero-order valence-corrected chi connectivity index (χ0v) is 13.7. The van der Waals surface area contributed by atoms with Gasteiger partial charge in [-0.2, -0.15) is 20.2 Å². The molecule has 1 saturated heterocycles. The highest BCUT2D eigenvalue weighted by atomic mass is 16.5. The highest BCUT2D eigenvalue weighted by Gasteiger charge is 2.30. The van der Waals surface area contributed by atoms with E-state index in [2.05, 4.69) is 37.0 Å². The minimum Gasteiger partial charge on any atom is -0.396 e. The fourth-order valence-corrected chi connectivity index (χ4v) is 3.05. The third-order valence-corrected chi connectivity index (χ3v) is 4.56. The number of hydrogen-bond donors (Lipinski definition) is 4. The van der Waals surface area contributed by atoms with Crippen LogP contribution in [0.5, 0.6) is 0 Å². The van der Waals surface area contributed by atoms with E-state index in [0.29, 0.717) is 49.4 Å². The van der Waals surface area contributed by atoms with Crippen LogP contribution in [0.15, 0.2) is 0 Å². The van der Waals surface area contributed by atoms with Crippen LogP contribution < -0.4 is 16.0 Å². The Balaban J connectivity index is 1.64. The van der Waals surface area contributed by atoms with Crippen molar-refractivity contribution in [1.29, 1.82) is 5.26 Å². The molecule has 0 spiro atoms. The van der Waals surface area contributed by atoms with Gasteiger partial charge in [-0.05, 0) is 18.8 Å². The van der Waals surface area contributed by atoms with Gasteiger partial charge in [0.05, 0.1) is 31.9 Å². The Morgan fingerprint density at radius 2 is 1.88 bits per heavy atom. The van der Waals surface area contributed by atoms with Crippen molar-refractivity contribution < 1.29 is 9.84 Å². The maximum Gasteiger partial charge on any atom is 0.229 e. The number of aromatic nitrogens is 3. The van der Waals surface area contributed by atoms with Gasteiger partial charge in [0.15, 0.2) is 0 Å². The topological polar surface area (TPSA) is 128 Å². The van der Waals surface area contributed by atoms with Crippen LogP contribution in [0, 0.1) is 23.2 Å². The molecule has 2 aliphatic rings. The third-order valence-electron chi connectivity index (χ3n) is 4.56. The molecule has 2 atom stereocenters. The molecule has 2 heterocycles. The minimum atomic E-state index is -0.0151. The van der Waals surface area contributed by atoms with Crippen molar-refractivity contribution in [3.05, 3.63) is 0 Å². The Labute approximate surface area is 140 Å². The Kier molecular flexibility index (Phi) is 5.27.